The van der Waals surface area contributed by atoms with E-state index < -0.39 is 10.0 Å². The second-order valence-electron chi connectivity index (χ2n) is 6.50. The van der Waals surface area contributed by atoms with Crippen molar-refractivity contribution < 1.29 is 17.9 Å². The number of rotatable bonds is 6. The van der Waals surface area contributed by atoms with Crippen molar-refractivity contribution in [2.75, 3.05) is 25.0 Å². The summed E-state index contributed by atoms with van der Waals surface area (Å²) in [6.07, 6.45) is 1.76. The Morgan fingerprint density at radius 3 is 2.46 bits per heavy atom. The van der Waals surface area contributed by atoms with E-state index in [-0.39, 0.29) is 17.4 Å². The first-order valence-electron chi connectivity index (χ1n) is 8.76. The van der Waals surface area contributed by atoms with Gasteiger partial charge in [-0.3, -0.25) is 4.79 Å². The van der Waals surface area contributed by atoms with Gasteiger partial charge in [0.25, 0.3) is 5.91 Å². The fourth-order valence-corrected chi connectivity index (χ4v) is 4.84. The molecule has 0 atom stereocenters. The standard InChI is InChI=1S/C19H20Cl2N2O4S/c1-13-10-15(28(25,26)23-8-2-3-9-23)5-7-18(13)27-12-19(24)22-14-4-6-16(20)17(21)11-14/h4-7,10-11H,2-3,8-9,12H2,1H3,(H,22,24). The molecule has 0 unspecified atom stereocenters. The summed E-state index contributed by atoms with van der Waals surface area (Å²) in [5, 5.41) is 3.40. The summed E-state index contributed by atoms with van der Waals surface area (Å²) in [6, 6.07) is 9.42. The maximum Gasteiger partial charge on any atom is 0.262 e. The number of amides is 1. The zero-order valence-corrected chi connectivity index (χ0v) is 17.6. The van der Waals surface area contributed by atoms with Crippen LogP contribution in [0.4, 0.5) is 5.69 Å². The van der Waals surface area contributed by atoms with E-state index in [4.69, 9.17) is 27.9 Å². The Hall–Kier alpha value is -1.80. The van der Waals surface area contributed by atoms with E-state index in [2.05, 4.69) is 5.32 Å². The van der Waals surface area contributed by atoms with E-state index in [1.54, 1.807) is 37.3 Å². The molecular formula is C19H20Cl2N2O4S. The summed E-state index contributed by atoms with van der Waals surface area (Å²) >= 11 is 11.8. The Morgan fingerprint density at radius 2 is 1.82 bits per heavy atom. The number of benzene rings is 2. The van der Waals surface area contributed by atoms with Gasteiger partial charge in [0, 0.05) is 18.8 Å². The van der Waals surface area contributed by atoms with Gasteiger partial charge in [-0.2, -0.15) is 4.31 Å². The van der Waals surface area contributed by atoms with E-state index in [0.29, 0.717) is 40.1 Å². The number of sulfonamides is 1. The maximum atomic E-state index is 12.6. The van der Waals surface area contributed by atoms with Crippen molar-refractivity contribution in [1.29, 1.82) is 0 Å². The molecule has 0 aliphatic carbocycles. The van der Waals surface area contributed by atoms with Gasteiger partial charge in [-0.1, -0.05) is 23.2 Å². The summed E-state index contributed by atoms with van der Waals surface area (Å²) < 4.78 is 32.3. The lowest BCUT2D eigenvalue weighted by molar-refractivity contribution is -0.118. The largest absolute Gasteiger partial charge is 0.483 e. The van der Waals surface area contributed by atoms with Crippen LogP contribution in [0.2, 0.25) is 10.0 Å². The number of hydrogen-bond acceptors (Lipinski definition) is 4. The van der Waals surface area contributed by atoms with Gasteiger partial charge in [0.15, 0.2) is 6.61 Å². The molecule has 0 saturated carbocycles. The third-order valence-electron chi connectivity index (χ3n) is 4.41. The molecule has 1 aliphatic rings. The molecule has 1 fully saturated rings. The van der Waals surface area contributed by atoms with Crippen LogP contribution < -0.4 is 10.1 Å². The van der Waals surface area contributed by atoms with Gasteiger partial charge in [0.1, 0.15) is 5.75 Å². The number of anilines is 1. The highest BCUT2D eigenvalue weighted by atomic mass is 35.5. The topological polar surface area (TPSA) is 75.7 Å². The molecule has 1 amide bonds. The molecule has 1 heterocycles. The van der Waals surface area contributed by atoms with Crippen molar-refractivity contribution in [2.45, 2.75) is 24.7 Å². The third-order valence-corrected chi connectivity index (χ3v) is 7.04. The first-order valence-corrected chi connectivity index (χ1v) is 11.0. The Labute approximate surface area is 174 Å². The van der Waals surface area contributed by atoms with Crippen LogP contribution in [0.1, 0.15) is 18.4 Å². The van der Waals surface area contributed by atoms with Gasteiger partial charge in [-0.05, 0) is 61.7 Å². The molecule has 1 N–H and O–H groups in total. The van der Waals surface area contributed by atoms with E-state index in [9.17, 15) is 13.2 Å². The maximum absolute atomic E-state index is 12.6. The van der Waals surface area contributed by atoms with Crippen molar-refractivity contribution >= 4 is 44.8 Å². The first kappa shape index (κ1) is 20.9. The molecule has 3 rings (SSSR count). The fraction of sp³-hybridized carbons (Fsp3) is 0.316. The summed E-state index contributed by atoms with van der Waals surface area (Å²) in [7, 11) is -3.48. The zero-order chi connectivity index (χ0) is 20.3. The number of nitrogens with zero attached hydrogens (tertiary/aromatic N) is 1. The first-order chi connectivity index (χ1) is 13.3. The minimum Gasteiger partial charge on any atom is -0.483 e. The Morgan fingerprint density at radius 1 is 1.11 bits per heavy atom. The van der Waals surface area contributed by atoms with E-state index in [0.717, 1.165) is 12.8 Å². The predicted molar refractivity (Wildman–Crippen MR) is 110 cm³/mol. The van der Waals surface area contributed by atoms with Crippen LogP contribution in [-0.4, -0.2) is 38.3 Å². The van der Waals surface area contributed by atoms with Crippen molar-refractivity contribution in [3.05, 3.63) is 52.0 Å². The molecule has 6 nitrogen and oxygen atoms in total. The quantitative estimate of drug-likeness (QED) is 0.730. The molecule has 0 bridgehead atoms. The van der Waals surface area contributed by atoms with Crippen molar-refractivity contribution in [2.24, 2.45) is 0 Å². The number of carbonyl (C=O) groups excluding carboxylic acids is 1. The molecule has 0 radical (unpaired) electrons. The molecule has 9 heteroatoms. The number of hydrogen-bond donors (Lipinski definition) is 1. The smallest absolute Gasteiger partial charge is 0.262 e. The van der Waals surface area contributed by atoms with E-state index >= 15 is 0 Å². The van der Waals surface area contributed by atoms with Crippen LogP contribution in [-0.2, 0) is 14.8 Å². The van der Waals surface area contributed by atoms with Crippen LogP contribution in [0, 0.1) is 6.92 Å². The van der Waals surface area contributed by atoms with Gasteiger partial charge < -0.3 is 10.1 Å². The van der Waals surface area contributed by atoms with Crippen LogP contribution in [0.15, 0.2) is 41.3 Å². The van der Waals surface area contributed by atoms with Crippen LogP contribution in [0.5, 0.6) is 5.75 Å². The van der Waals surface area contributed by atoms with Gasteiger partial charge >= 0.3 is 0 Å². The normalized spacial score (nSPS) is 14.8. The molecule has 28 heavy (non-hydrogen) atoms. The van der Waals surface area contributed by atoms with Crippen molar-refractivity contribution in [3.63, 3.8) is 0 Å². The Kier molecular flexibility index (Phi) is 6.50. The molecular weight excluding hydrogens is 423 g/mol. The molecule has 150 valence electrons. The molecule has 2 aromatic rings. The average molecular weight is 443 g/mol. The van der Waals surface area contributed by atoms with Gasteiger partial charge in [-0.15, -0.1) is 0 Å². The Bertz CT molecular complexity index is 989. The highest BCUT2D eigenvalue weighted by Crippen LogP contribution is 2.27. The molecule has 2 aromatic carbocycles. The van der Waals surface area contributed by atoms with Crippen LogP contribution in [0.25, 0.3) is 0 Å². The Balaban J connectivity index is 1.63. The number of aryl methyl sites for hydroxylation is 1. The van der Waals surface area contributed by atoms with Gasteiger partial charge in [0.05, 0.1) is 14.9 Å². The summed E-state index contributed by atoms with van der Waals surface area (Å²) in [5.74, 6) is 0.0798. The van der Waals surface area contributed by atoms with E-state index in [1.165, 1.54) is 10.4 Å². The van der Waals surface area contributed by atoms with Crippen LogP contribution >= 0.6 is 23.2 Å². The number of ether oxygens (including phenoxy) is 1. The van der Waals surface area contributed by atoms with Gasteiger partial charge in [0.2, 0.25) is 10.0 Å². The number of halogens is 2. The second kappa shape index (κ2) is 8.69. The molecule has 0 spiro atoms. The number of carbonyl (C=O) groups is 1. The van der Waals surface area contributed by atoms with Crippen molar-refractivity contribution in [3.8, 4) is 5.75 Å². The highest BCUT2D eigenvalue weighted by molar-refractivity contribution is 7.89. The second-order valence-corrected chi connectivity index (χ2v) is 9.26. The SMILES string of the molecule is Cc1cc(S(=O)(=O)N2CCCC2)ccc1OCC(=O)Nc1ccc(Cl)c(Cl)c1. The summed E-state index contributed by atoms with van der Waals surface area (Å²) in [6.45, 7) is 2.62. The summed E-state index contributed by atoms with van der Waals surface area (Å²) in [4.78, 5) is 12.3. The minimum atomic E-state index is -3.48. The lowest BCUT2D eigenvalue weighted by atomic mass is 10.2. The van der Waals surface area contributed by atoms with Crippen LogP contribution in [0.3, 0.4) is 0 Å². The van der Waals surface area contributed by atoms with Crippen molar-refractivity contribution in [1.82, 2.24) is 4.31 Å². The predicted octanol–water partition coefficient (Wildman–Crippen LogP) is 4.10. The van der Waals surface area contributed by atoms with Gasteiger partial charge in [-0.25, -0.2) is 8.42 Å². The average Bonchev–Trinajstić information content (AvgIpc) is 3.19. The highest BCUT2D eigenvalue weighted by Gasteiger charge is 2.27. The lowest BCUT2D eigenvalue weighted by Gasteiger charge is -2.17. The number of nitrogens with one attached hydrogen (secondary N) is 1. The molecule has 1 aliphatic heterocycles. The summed E-state index contributed by atoms with van der Waals surface area (Å²) in [5.41, 5.74) is 1.15. The lowest BCUT2D eigenvalue weighted by Crippen LogP contribution is -2.27. The monoisotopic (exact) mass is 442 g/mol. The van der Waals surface area contributed by atoms with E-state index in [1.807, 2.05) is 0 Å². The third kappa shape index (κ3) is 4.78. The molecule has 1 saturated heterocycles. The fourth-order valence-electron chi connectivity index (χ4n) is 2.94. The minimum absolute atomic E-state index is 0.223. The molecule has 0 aromatic heterocycles. The zero-order valence-electron chi connectivity index (χ0n) is 15.2.